The number of carbonyl (C=O) groups excluding carboxylic acids is 1. The molecule has 1 N–H and O–H groups in total. The van der Waals surface area contributed by atoms with Crippen molar-refractivity contribution in [3.63, 3.8) is 0 Å². The summed E-state index contributed by atoms with van der Waals surface area (Å²) < 4.78 is 31.1. The molecule has 0 radical (unpaired) electrons. The second-order valence-corrected chi connectivity index (χ2v) is 8.87. The van der Waals surface area contributed by atoms with Crippen LogP contribution in [0.3, 0.4) is 0 Å². The molecule has 0 aliphatic rings. The second kappa shape index (κ2) is 10.9. The highest BCUT2D eigenvalue weighted by molar-refractivity contribution is 7.92. The highest BCUT2D eigenvalue weighted by Crippen LogP contribution is 2.23. The summed E-state index contributed by atoms with van der Waals surface area (Å²) in [6.45, 7) is 4.65. The Morgan fingerprint density at radius 3 is 2.45 bits per heavy atom. The Hall–Kier alpha value is -2.54. The van der Waals surface area contributed by atoms with Crippen molar-refractivity contribution in [2.24, 2.45) is 5.92 Å². The summed E-state index contributed by atoms with van der Waals surface area (Å²) in [5.74, 6) is 0.519. The van der Waals surface area contributed by atoms with E-state index in [1.165, 1.54) is 5.56 Å². The predicted octanol–water partition coefficient (Wildman–Crippen LogP) is 3.24. The number of benzene rings is 2. The Labute approximate surface area is 173 Å². The third-order valence-corrected chi connectivity index (χ3v) is 5.78. The van der Waals surface area contributed by atoms with Crippen LogP contribution < -0.4 is 14.4 Å². The average molecular weight is 419 g/mol. The summed E-state index contributed by atoms with van der Waals surface area (Å²) in [7, 11) is -3.62. The number of carbonyl (C=O) groups is 1. The highest BCUT2D eigenvalue weighted by atomic mass is 32.2. The Bertz CT molecular complexity index is 885. The van der Waals surface area contributed by atoms with Crippen LogP contribution in [-0.2, 0) is 21.2 Å². The molecule has 29 heavy (non-hydrogen) atoms. The topological polar surface area (TPSA) is 75.7 Å². The Morgan fingerprint density at radius 2 is 1.83 bits per heavy atom. The van der Waals surface area contributed by atoms with Crippen molar-refractivity contribution in [1.29, 1.82) is 0 Å². The van der Waals surface area contributed by atoms with Gasteiger partial charge < -0.3 is 10.1 Å². The van der Waals surface area contributed by atoms with Gasteiger partial charge in [0, 0.05) is 12.6 Å². The molecule has 1 atom stereocenters. The minimum absolute atomic E-state index is 0.268. The third-order valence-electron chi connectivity index (χ3n) is 4.64. The molecule has 0 aromatic heterocycles. The van der Waals surface area contributed by atoms with Gasteiger partial charge in [0.15, 0.2) is 0 Å². The lowest BCUT2D eigenvalue weighted by Crippen LogP contribution is -2.41. The number of nitrogens with one attached hydrogen (secondary N) is 1. The van der Waals surface area contributed by atoms with Gasteiger partial charge in [-0.25, -0.2) is 8.42 Å². The standard InChI is InChI=1S/C22H30N2O4S/c1-4-18(14-19-10-7-6-8-11-19)16-23-22(25)17-24(29(3,26)27)20-12-9-13-21(15-20)28-5-2/h6-13,15,18H,4-5,14,16-17H2,1-3H3,(H,23,25). The van der Waals surface area contributed by atoms with E-state index in [1.54, 1.807) is 24.3 Å². The van der Waals surface area contributed by atoms with Gasteiger partial charge in [-0.05, 0) is 37.0 Å². The number of nitrogens with zero attached hydrogens (tertiary/aromatic N) is 1. The van der Waals surface area contributed by atoms with Crippen molar-refractivity contribution in [1.82, 2.24) is 5.32 Å². The predicted molar refractivity (Wildman–Crippen MR) is 117 cm³/mol. The molecule has 0 bridgehead atoms. The molecule has 6 nitrogen and oxygen atoms in total. The number of anilines is 1. The molecule has 158 valence electrons. The van der Waals surface area contributed by atoms with Crippen LogP contribution in [0.5, 0.6) is 5.75 Å². The summed E-state index contributed by atoms with van der Waals surface area (Å²) >= 11 is 0. The minimum atomic E-state index is -3.62. The zero-order valence-electron chi connectivity index (χ0n) is 17.3. The quantitative estimate of drug-likeness (QED) is 0.608. The van der Waals surface area contributed by atoms with Gasteiger partial charge in [-0.15, -0.1) is 0 Å². The molecule has 0 spiro atoms. The van der Waals surface area contributed by atoms with Gasteiger partial charge in [0.1, 0.15) is 12.3 Å². The maximum Gasteiger partial charge on any atom is 0.240 e. The van der Waals surface area contributed by atoms with E-state index in [2.05, 4.69) is 24.4 Å². The van der Waals surface area contributed by atoms with E-state index in [0.717, 1.165) is 23.4 Å². The third kappa shape index (κ3) is 7.42. The van der Waals surface area contributed by atoms with Crippen molar-refractivity contribution >= 4 is 21.6 Å². The van der Waals surface area contributed by atoms with Gasteiger partial charge in [-0.2, -0.15) is 0 Å². The first-order valence-electron chi connectivity index (χ1n) is 9.84. The molecular weight excluding hydrogens is 388 g/mol. The molecular formula is C22H30N2O4S. The van der Waals surface area contributed by atoms with Gasteiger partial charge in [0.05, 0.1) is 18.6 Å². The van der Waals surface area contributed by atoms with Gasteiger partial charge in [-0.1, -0.05) is 49.7 Å². The number of ether oxygens (including phenoxy) is 1. The van der Waals surface area contributed by atoms with Crippen LogP contribution in [0.15, 0.2) is 54.6 Å². The first-order chi connectivity index (χ1) is 13.8. The molecule has 7 heteroatoms. The van der Waals surface area contributed by atoms with Crippen LogP contribution in [0.1, 0.15) is 25.8 Å². The lowest BCUT2D eigenvalue weighted by molar-refractivity contribution is -0.119. The van der Waals surface area contributed by atoms with Crippen LogP contribution in [0.4, 0.5) is 5.69 Å². The monoisotopic (exact) mass is 418 g/mol. The van der Waals surface area contributed by atoms with Crippen LogP contribution >= 0.6 is 0 Å². The summed E-state index contributed by atoms with van der Waals surface area (Å²) in [4.78, 5) is 12.5. The van der Waals surface area contributed by atoms with E-state index in [9.17, 15) is 13.2 Å². The Kier molecular flexibility index (Phi) is 8.51. The zero-order chi connectivity index (χ0) is 21.3. The van der Waals surface area contributed by atoms with Crippen molar-refractivity contribution in [3.05, 3.63) is 60.2 Å². The summed E-state index contributed by atoms with van der Waals surface area (Å²) in [5.41, 5.74) is 1.63. The van der Waals surface area contributed by atoms with Crippen molar-refractivity contribution < 1.29 is 17.9 Å². The maximum absolute atomic E-state index is 12.5. The molecule has 2 aromatic rings. The normalized spacial score (nSPS) is 12.2. The van der Waals surface area contributed by atoms with E-state index < -0.39 is 10.0 Å². The van der Waals surface area contributed by atoms with E-state index in [4.69, 9.17) is 4.74 Å². The Balaban J connectivity index is 2.02. The van der Waals surface area contributed by atoms with Gasteiger partial charge in [0.25, 0.3) is 0 Å². The minimum Gasteiger partial charge on any atom is -0.494 e. The first kappa shape index (κ1) is 22.7. The SMILES string of the molecule is CCOc1cccc(N(CC(=O)NCC(CC)Cc2ccccc2)S(C)(=O)=O)c1. The molecule has 0 saturated heterocycles. The van der Waals surface area contributed by atoms with Crippen LogP contribution in [0.25, 0.3) is 0 Å². The van der Waals surface area contributed by atoms with Gasteiger partial charge in [-0.3, -0.25) is 9.10 Å². The first-order valence-corrected chi connectivity index (χ1v) is 11.7. The van der Waals surface area contributed by atoms with Crippen molar-refractivity contribution in [2.45, 2.75) is 26.7 Å². The largest absolute Gasteiger partial charge is 0.494 e. The lowest BCUT2D eigenvalue weighted by atomic mass is 9.97. The van der Waals surface area contributed by atoms with Crippen molar-refractivity contribution in [3.8, 4) is 5.75 Å². The number of hydrogen-bond acceptors (Lipinski definition) is 4. The second-order valence-electron chi connectivity index (χ2n) is 6.97. The van der Waals surface area contributed by atoms with E-state index in [1.807, 2.05) is 25.1 Å². The van der Waals surface area contributed by atoms with Crippen LogP contribution in [0.2, 0.25) is 0 Å². The van der Waals surface area contributed by atoms with Gasteiger partial charge in [0.2, 0.25) is 15.9 Å². The maximum atomic E-state index is 12.5. The van der Waals surface area contributed by atoms with E-state index in [0.29, 0.717) is 24.6 Å². The average Bonchev–Trinajstić information content (AvgIpc) is 2.69. The fourth-order valence-electron chi connectivity index (χ4n) is 3.05. The number of amides is 1. The number of rotatable bonds is 11. The lowest BCUT2D eigenvalue weighted by Gasteiger charge is -2.23. The molecule has 0 saturated carbocycles. The molecule has 0 aliphatic carbocycles. The zero-order valence-corrected chi connectivity index (χ0v) is 18.1. The number of sulfonamides is 1. The van der Waals surface area contributed by atoms with E-state index >= 15 is 0 Å². The molecule has 2 aromatic carbocycles. The summed E-state index contributed by atoms with van der Waals surface area (Å²) in [5, 5.41) is 2.89. The molecule has 0 aliphatic heterocycles. The summed E-state index contributed by atoms with van der Waals surface area (Å²) in [6, 6.07) is 16.9. The molecule has 2 rings (SSSR count). The molecule has 0 heterocycles. The Morgan fingerprint density at radius 1 is 1.10 bits per heavy atom. The molecule has 1 amide bonds. The molecule has 0 fully saturated rings. The van der Waals surface area contributed by atoms with Crippen LogP contribution in [0, 0.1) is 5.92 Å². The molecule has 1 unspecified atom stereocenters. The van der Waals surface area contributed by atoms with E-state index in [-0.39, 0.29) is 18.4 Å². The smallest absolute Gasteiger partial charge is 0.240 e. The van der Waals surface area contributed by atoms with Gasteiger partial charge >= 0.3 is 0 Å². The fraction of sp³-hybridized carbons (Fsp3) is 0.409. The highest BCUT2D eigenvalue weighted by Gasteiger charge is 2.21. The van der Waals surface area contributed by atoms with Crippen molar-refractivity contribution in [2.75, 3.05) is 30.3 Å². The number of hydrogen-bond donors (Lipinski definition) is 1. The summed E-state index contributed by atoms with van der Waals surface area (Å²) in [6.07, 6.45) is 2.88. The fourth-order valence-corrected chi connectivity index (χ4v) is 3.90. The van der Waals surface area contributed by atoms with Crippen LogP contribution in [-0.4, -0.2) is 40.3 Å².